The van der Waals surface area contributed by atoms with Gasteiger partial charge in [0.05, 0.1) is 5.92 Å². The molecular weight excluding hydrogens is 348 g/mol. The van der Waals surface area contributed by atoms with E-state index in [0.717, 1.165) is 49.7 Å². The molecule has 1 atom stereocenters. The van der Waals surface area contributed by atoms with Gasteiger partial charge >= 0.3 is 5.97 Å². The molecule has 0 saturated heterocycles. The number of carbonyl (C=O) groups is 2. The lowest BCUT2D eigenvalue weighted by molar-refractivity contribution is -0.166. The molecule has 0 aliphatic heterocycles. The fraction of sp³-hybridized carbons (Fsp3) is 0.440. The molecule has 0 aromatic heterocycles. The van der Waals surface area contributed by atoms with Gasteiger partial charge in [0, 0.05) is 12.5 Å². The lowest BCUT2D eigenvalue weighted by Gasteiger charge is -2.45. The Morgan fingerprint density at radius 3 is 2.36 bits per heavy atom. The number of benzene rings is 2. The molecule has 0 bridgehead atoms. The zero-order chi connectivity index (χ0) is 19.7. The highest BCUT2D eigenvalue weighted by molar-refractivity contribution is 6.01. The summed E-state index contributed by atoms with van der Waals surface area (Å²) in [7, 11) is 0. The minimum absolute atomic E-state index is 0.150. The second-order valence-corrected chi connectivity index (χ2v) is 8.46. The summed E-state index contributed by atoms with van der Waals surface area (Å²) in [6.07, 6.45) is 5.03. The van der Waals surface area contributed by atoms with Crippen LogP contribution in [0.5, 0.6) is 0 Å². The fourth-order valence-electron chi connectivity index (χ4n) is 5.19. The van der Waals surface area contributed by atoms with Crippen molar-refractivity contribution >= 4 is 11.8 Å². The predicted octanol–water partition coefficient (Wildman–Crippen LogP) is 5.40. The van der Waals surface area contributed by atoms with Crippen LogP contribution in [0, 0.1) is 12.8 Å². The number of fused-ring (bicyclic) bond motifs is 1. The van der Waals surface area contributed by atoms with Crippen molar-refractivity contribution < 1.29 is 14.3 Å². The first-order valence-corrected chi connectivity index (χ1v) is 10.4. The van der Waals surface area contributed by atoms with E-state index in [1.165, 1.54) is 18.1 Å². The van der Waals surface area contributed by atoms with Crippen LogP contribution in [0.4, 0.5) is 0 Å². The number of esters is 1. The van der Waals surface area contributed by atoms with Gasteiger partial charge in [0.2, 0.25) is 0 Å². The monoisotopic (exact) mass is 376 g/mol. The van der Waals surface area contributed by atoms with Gasteiger partial charge < -0.3 is 4.74 Å². The van der Waals surface area contributed by atoms with E-state index < -0.39 is 5.60 Å². The molecule has 0 N–H and O–H groups in total. The summed E-state index contributed by atoms with van der Waals surface area (Å²) in [5, 5.41) is 0. The molecule has 0 heterocycles. The molecule has 2 aliphatic carbocycles. The van der Waals surface area contributed by atoms with E-state index in [1.54, 1.807) is 0 Å². The minimum Gasteiger partial charge on any atom is -0.458 e. The Hall–Kier alpha value is -2.42. The summed E-state index contributed by atoms with van der Waals surface area (Å²) in [5.74, 6) is 0.109. The molecule has 0 amide bonds. The van der Waals surface area contributed by atoms with Crippen LogP contribution in [-0.4, -0.2) is 17.4 Å². The first kappa shape index (κ1) is 18.9. The Bertz CT molecular complexity index is 873. The topological polar surface area (TPSA) is 43.4 Å². The summed E-state index contributed by atoms with van der Waals surface area (Å²) >= 11 is 0. The summed E-state index contributed by atoms with van der Waals surface area (Å²) in [5.41, 5.74) is 3.89. The molecule has 1 unspecified atom stereocenters. The predicted molar refractivity (Wildman–Crippen MR) is 109 cm³/mol. The number of hydrogen-bond acceptors (Lipinski definition) is 3. The highest BCUT2D eigenvalue weighted by Crippen LogP contribution is 2.47. The van der Waals surface area contributed by atoms with Crippen molar-refractivity contribution in [2.24, 2.45) is 5.92 Å². The first-order valence-electron chi connectivity index (χ1n) is 10.4. The highest BCUT2D eigenvalue weighted by atomic mass is 16.6. The summed E-state index contributed by atoms with van der Waals surface area (Å²) in [4.78, 5) is 25.3. The van der Waals surface area contributed by atoms with Crippen molar-refractivity contribution in [3.05, 3.63) is 70.8 Å². The van der Waals surface area contributed by atoms with Gasteiger partial charge in [-0.2, -0.15) is 0 Å². The van der Waals surface area contributed by atoms with Crippen molar-refractivity contribution in [1.82, 2.24) is 0 Å². The molecule has 2 aromatic rings. The van der Waals surface area contributed by atoms with Crippen molar-refractivity contribution in [3.8, 4) is 0 Å². The molecule has 1 saturated carbocycles. The maximum Gasteiger partial charge on any atom is 0.303 e. The van der Waals surface area contributed by atoms with Crippen LogP contribution in [0.3, 0.4) is 0 Å². The van der Waals surface area contributed by atoms with Crippen molar-refractivity contribution in [1.29, 1.82) is 0 Å². The normalized spacial score (nSPS) is 27.1. The maximum absolute atomic E-state index is 13.3. The smallest absolute Gasteiger partial charge is 0.303 e. The molecule has 28 heavy (non-hydrogen) atoms. The van der Waals surface area contributed by atoms with E-state index >= 15 is 0 Å². The third kappa shape index (κ3) is 3.50. The number of carbonyl (C=O) groups excluding carboxylic acids is 2. The molecule has 4 rings (SSSR count). The van der Waals surface area contributed by atoms with Gasteiger partial charge in [0.1, 0.15) is 5.60 Å². The van der Waals surface area contributed by atoms with Gasteiger partial charge in [-0.1, -0.05) is 54.1 Å². The largest absolute Gasteiger partial charge is 0.458 e. The number of Topliss-reactive ketones (excluding diaryl/α,β-unsaturated/α-hetero) is 1. The molecule has 3 nitrogen and oxygen atoms in total. The Morgan fingerprint density at radius 1 is 1.00 bits per heavy atom. The minimum atomic E-state index is -0.655. The van der Waals surface area contributed by atoms with Crippen LogP contribution in [0.15, 0.2) is 48.5 Å². The zero-order valence-electron chi connectivity index (χ0n) is 16.7. The second kappa shape index (κ2) is 7.54. The Kier molecular flexibility index (Phi) is 5.09. The zero-order valence-corrected chi connectivity index (χ0v) is 16.7. The van der Waals surface area contributed by atoms with Crippen LogP contribution in [0.25, 0.3) is 0 Å². The summed E-state index contributed by atoms with van der Waals surface area (Å²) in [6.45, 7) is 3.57. The van der Waals surface area contributed by atoms with Gasteiger partial charge in [-0.3, -0.25) is 9.59 Å². The van der Waals surface area contributed by atoms with E-state index in [9.17, 15) is 9.59 Å². The fourth-order valence-corrected chi connectivity index (χ4v) is 5.19. The van der Waals surface area contributed by atoms with E-state index in [-0.39, 0.29) is 17.7 Å². The lowest BCUT2D eigenvalue weighted by Crippen LogP contribution is -2.49. The molecule has 0 spiro atoms. The van der Waals surface area contributed by atoms with Crippen LogP contribution >= 0.6 is 0 Å². The van der Waals surface area contributed by atoms with Crippen LogP contribution in [0.1, 0.15) is 72.0 Å². The molecule has 2 aromatic carbocycles. The number of ether oxygens (including phenoxy) is 1. The third-order valence-electron chi connectivity index (χ3n) is 6.66. The Balaban J connectivity index is 1.58. The molecule has 0 radical (unpaired) electrons. The molecule has 3 heteroatoms. The van der Waals surface area contributed by atoms with E-state index in [2.05, 4.69) is 31.2 Å². The average Bonchev–Trinajstić information content (AvgIpc) is 2.69. The Labute approximate surface area is 167 Å². The lowest BCUT2D eigenvalue weighted by atomic mass is 9.65. The van der Waals surface area contributed by atoms with Gasteiger partial charge in [0.25, 0.3) is 0 Å². The van der Waals surface area contributed by atoms with E-state index in [1.807, 2.05) is 24.3 Å². The number of rotatable bonds is 3. The maximum atomic E-state index is 13.3. The van der Waals surface area contributed by atoms with E-state index in [4.69, 9.17) is 4.74 Å². The van der Waals surface area contributed by atoms with Crippen LogP contribution in [-0.2, 0) is 16.0 Å². The number of ketones is 1. The quantitative estimate of drug-likeness (QED) is 0.674. The van der Waals surface area contributed by atoms with Crippen LogP contribution < -0.4 is 0 Å². The number of hydrogen-bond donors (Lipinski definition) is 0. The SMILES string of the molecule is CC(=O)OC1(C2CCc3ccccc3C2=O)CCC(c2ccc(C)cc2)CC1. The van der Waals surface area contributed by atoms with Crippen molar-refractivity contribution in [3.63, 3.8) is 0 Å². The van der Waals surface area contributed by atoms with Gasteiger partial charge in [-0.05, 0) is 62.5 Å². The molecule has 2 aliphatic rings. The van der Waals surface area contributed by atoms with Gasteiger partial charge in [-0.25, -0.2) is 0 Å². The standard InChI is InChI=1S/C25H28O3/c1-17-7-9-19(10-8-17)20-13-15-25(16-14-20,28-18(2)26)23-12-11-21-5-3-4-6-22(21)24(23)27/h3-10,20,23H,11-16H2,1-2H3. The summed E-state index contributed by atoms with van der Waals surface area (Å²) < 4.78 is 5.95. The third-order valence-corrected chi connectivity index (χ3v) is 6.66. The van der Waals surface area contributed by atoms with Gasteiger partial charge in [-0.15, -0.1) is 0 Å². The van der Waals surface area contributed by atoms with Gasteiger partial charge in [0.15, 0.2) is 5.78 Å². The van der Waals surface area contributed by atoms with E-state index in [0.29, 0.717) is 5.92 Å². The second-order valence-electron chi connectivity index (χ2n) is 8.46. The first-order chi connectivity index (χ1) is 13.5. The molecule has 1 fully saturated rings. The highest BCUT2D eigenvalue weighted by Gasteiger charge is 2.49. The average molecular weight is 376 g/mol. The summed E-state index contributed by atoms with van der Waals surface area (Å²) in [6, 6.07) is 16.6. The van der Waals surface area contributed by atoms with Crippen LogP contribution in [0.2, 0.25) is 0 Å². The molecular formula is C25H28O3. The van der Waals surface area contributed by atoms with Crippen molar-refractivity contribution in [2.45, 2.75) is 63.9 Å². The van der Waals surface area contributed by atoms with Crippen molar-refractivity contribution in [2.75, 3.05) is 0 Å². The molecule has 146 valence electrons. The number of aryl methyl sites for hydroxylation is 2. The Morgan fingerprint density at radius 2 is 1.68 bits per heavy atom.